The fraction of sp³-hybridized carbons (Fsp3) is 0.300. The van der Waals surface area contributed by atoms with Crippen LogP contribution in [0.25, 0.3) is 5.69 Å². The quantitative estimate of drug-likeness (QED) is 0.457. The second kappa shape index (κ2) is 9.22. The number of carbonyl (C=O) groups excluding carboxylic acids is 3. The highest BCUT2D eigenvalue weighted by Crippen LogP contribution is 2.24. The molecular formula is C20H21N7O4S. The van der Waals surface area contributed by atoms with Gasteiger partial charge in [0, 0.05) is 30.6 Å². The van der Waals surface area contributed by atoms with Crippen LogP contribution in [-0.2, 0) is 16.0 Å². The number of amides is 4. The van der Waals surface area contributed by atoms with Gasteiger partial charge < -0.3 is 15.2 Å². The van der Waals surface area contributed by atoms with E-state index in [1.54, 1.807) is 13.0 Å². The standard InChI is InChI=1S/C20H21N7O4S/c1-11-4-3-5-14(6-11)27-16(8-13-9-17(28)23-19(30)21-13)24-25-20(27)32-10-18(29)22-15-7-12(2)31-26-15/h3-7,13H,8-10H2,1-2H3,(H,22,26,29)(H2,21,23,28,30). The number of anilines is 1. The number of benzene rings is 1. The number of nitrogens with one attached hydrogen (secondary N) is 3. The van der Waals surface area contributed by atoms with Crippen molar-refractivity contribution >= 4 is 35.4 Å². The molecule has 2 aromatic heterocycles. The zero-order valence-corrected chi connectivity index (χ0v) is 18.2. The van der Waals surface area contributed by atoms with E-state index in [4.69, 9.17) is 4.52 Å². The summed E-state index contributed by atoms with van der Waals surface area (Å²) in [6.45, 7) is 3.71. The Balaban J connectivity index is 1.54. The van der Waals surface area contributed by atoms with E-state index in [1.807, 2.05) is 35.8 Å². The Morgan fingerprint density at radius 2 is 2.12 bits per heavy atom. The Labute approximate surface area is 187 Å². The molecule has 1 aliphatic rings. The summed E-state index contributed by atoms with van der Waals surface area (Å²) < 4.78 is 6.79. The molecule has 1 aliphatic heterocycles. The Morgan fingerprint density at radius 1 is 1.28 bits per heavy atom. The van der Waals surface area contributed by atoms with Crippen LogP contribution in [0.5, 0.6) is 0 Å². The summed E-state index contributed by atoms with van der Waals surface area (Å²) in [6.07, 6.45) is 0.458. The Kier molecular flexibility index (Phi) is 6.21. The molecule has 12 heteroatoms. The predicted molar refractivity (Wildman–Crippen MR) is 115 cm³/mol. The molecule has 1 atom stereocenters. The smallest absolute Gasteiger partial charge is 0.321 e. The molecule has 3 heterocycles. The summed E-state index contributed by atoms with van der Waals surface area (Å²) in [6, 6.07) is 8.47. The van der Waals surface area contributed by atoms with E-state index in [1.165, 1.54) is 11.8 Å². The molecule has 4 amide bonds. The lowest BCUT2D eigenvalue weighted by molar-refractivity contribution is -0.121. The second-order valence-corrected chi connectivity index (χ2v) is 8.30. The molecule has 3 aromatic rings. The lowest BCUT2D eigenvalue weighted by Gasteiger charge is -2.23. The van der Waals surface area contributed by atoms with Crippen molar-refractivity contribution in [3.05, 3.63) is 47.5 Å². The number of rotatable bonds is 7. The third kappa shape index (κ3) is 5.14. The van der Waals surface area contributed by atoms with Crippen molar-refractivity contribution in [3.8, 4) is 5.69 Å². The molecule has 32 heavy (non-hydrogen) atoms. The van der Waals surface area contributed by atoms with Gasteiger partial charge in [-0.15, -0.1) is 10.2 Å². The second-order valence-electron chi connectivity index (χ2n) is 7.36. The highest BCUT2D eigenvalue weighted by Gasteiger charge is 2.27. The van der Waals surface area contributed by atoms with Gasteiger partial charge in [0.25, 0.3) is 0 Å². The minimum Gasteiger partial charge on any atom is -0.360 e. The first kappa shape index (κ1) is 21.6. The maximum absolute atomic E-state index is 12.3. The van der Waals surface area contributed by atoms with Gasteiger partial charge in [-0.25, -0.2) is 4.79 Å². The minimum absolute atomic E-state index is 0.0818. The van der Waals surface area contributed by atoms with Gasteiger partial charge in [0.2, 0.25) is 11.8 Å². The lowest BCUT2D eigenvalue weighted by atomic mass is 10.1. The number of thioether (sulfide) groups is 1. The van der Waals surface area contributed by atoms with Crippen LogP contribution in [-0.4, -0.2) is 49.6 Å². The van der Waals surface area contributed by atoms with Crippen molar-refractivity contribution in [2.75, 3.05) is 11.1 Å². The number of nitrogens with zero attached hydrogens (tertiary/aromatic N) is 4. The molecule has 166 valence electrons. The fourth-order valence-electron chi connectivity index (χ4n) is 3.30. The van der Waals surface area contributed by atoms with E-state index in [0.29, 0.717) is 29.0 Å². The van der Waals surface area contributed by atoms with Gasteiger partial charge in [-0.2, -0.15) is 0 Å². The van der Waals surface area contributed by atoms with Crippen LogP contribution in [0, 0.1) is 13.8 Å². The average Bonchev–Trinajstić information content (AvgIpc) is 3.31. The number of aromatic nitrogens is 4. The van der Waals surface area contributed by atoms with Crippen molar-refractivity contribution in [1.82, 2.24) is 30.6 Å². The van der Waals surface area contributed by atoms with E-state index in [2.05, 4.69) is 31.3 Å². The maximum Gasteiger partial charge on any atom is 0.321 e. The van der Waals surface area contributed by atoms with Crippen molar-refractivity contribution in [2.24, 2.45) is 0 Å². The van der Waals surface area contributed by atoms with Crippen LogP contribution in [0.1, 0.15) is 23.6 Å². The number of carbonyl (C=O) groups is 3. The van der Waals surface area contributed by atoms with E-state index < -0.39 is 12.1 Å². The summed E-state index contributed by atoms with van der Waals surface area (Å²) in [4.78, 5) is 35.7. The van der Waals surface area contributed by atoms with Crippen LogP contribution in [0.3, 0.4) is 0 Å². The number of hydrogen-bond acceptors (Lipinski definition) is 8. The number of urea groups is 1. The Hall–Kier alpha value is -3.67. The van der Waals surface area contributed by atoms with Crippen molar-refractivity contribution in [3.63, 3.8) is 0 Å². The van der Waals surface area contributed by atoms with Crippen LogP contribution < -0.4 is 16.0 Å². The molecule has 0 bridgehead atoms. The van der Waals surface area contributed by atoms with Gasteiger partial charge in [0.1, 0.15) is 11.6 Å². The molecule has 1 saturated heterocycles. The number of hydrogen-bond donors (Lipinski definition) is 3. The Bertz CT molecular complexity index is 1160. The molecule has 11 nitrogen and oxygen atoms in total. The zero-order chi connectivity index (χ0) is 22.7. The van der Waals surface area contributed by atoms with Crippen molar-refractivity contribution in [1.29, 1.82) is 0 Å². The molecular weight excluding hydrogens is 434 g/mol. The van der Waals surface area contributed by atoms with Gasteiger partial charge in [-0.1, -0.05) is 29.1 Å². The van der Waals surface area contributed by atoms with E-state index in [-0.39, 0.29) is 24.0 Å². The number of imide groups is 1. The normalized spacial score (nSPS) is 15.9. The number of aryl methyl sites for hydroxylation is 2. The first-order valence-corrected chi connectivity index (χ1v) is 10.8. The van der Waals surface area contributed by atoms with Crippen molar-refractivity contribution in [2.45, 2.75) is 37.9 Å². The zero-order valence-electron chi connectivity index (χ0n) is 17.4. The first-order valence-electron chi connectivity index (χ1n) is 9.85. The minimum atomic E-state index is -0.526. The molecule has 1 aromatic carbocycles. The van der Waals surface area contributed by atoms with Gasteiger partial charge in [-0.3, -0.25) is 19.5 Å². The lowest BCUT2D eigenvalue weighted by Crippen LogP contribution is -2.53. The highest BCUT2D eigenvalue weighted by atomic mass is 32.2. The Morgan fingerprint density at radius 3 is 2.84 bits per heavy atom. The summed E-state index contributed by atoms with van der Waals surface area (Å²) >= 11 is 1.22. The molecule has 0 aliphatic carbocycles. The summed E-state index contributed by atoms with van der Waals surface area (Å²) in [5.41, 5.74) is 1.87. The molecule has 1 fully saturated rings. The van der Waals surface area contributed by atoms with Crippen LogP contribution in [0.15, 0.2) is 40.0 Å². The highest BCUT2D eigenvalue weighted by molar-refractivity contribution is 7.99. The maximum atomic E-state index is 12.3. The topological polar surface area (TPSA) is 144 Å². The average molecular weight is 456 g/mol. The molecule has 0 saturated carbocycles. The third-order valence-corrected chi connectivity index (χ3v) is 5.57. The van der Waals surface area contributed by atoms with Gasteiger partial charge in [-0.05, 0) is 31.5 Å². The van der Waals surface area contributed by atoms with E-state index in [0.717, 1.165) is 11.3 Å². The summed E-state index contributed by atoms with van der Waals surface area (Å²) in [7, 11) is 0. The first-order chi connectivity index (χ1) is 15.4. The van der Waals surface area contributed by atoms with Gasteiger partial charge >= 0.3 is 6.03 Å². The van der Waals surface area contributed by atoms with Crippen LogP contribution in [0.2, 0.25) is 0 Å². The fourth-order valence-corrected chi connectivity index (χ4v) is 4.08. The monoisotopic (exact) mass is 455 g/mol. The molecule has 0 radical (unpaired) electrons. The van der Waals surface area contributed by atoms with Gasteiger partial charge in [0.05, 0.1) is 5.75 Å². The SMILES string of the molecule is Cc1cccc(-n2c(CC3CC(=O)NC(=O)N3)nnc2SCC(=O)Nc2cc(C)on2)c1. The summed E-state index contributed by atoms with van der Waals surface area (Å²) in [5, 5.41) is 20.4. The largest absolute Gasteiger partial charge is 0.360 e. The van der Waals surface area contributed by atoms with Gasteiger partial charge in [0.15, 0.2) is 11.0 Å². The predicted octanol–water partition coefficient (Wildman–Crippen LogP) is 1.74. The van der Waals surface area contributed by atoms with Crippen LogP contribution in [0.4, 0.5) is 10.6 Å². The molecule has 0 spiro atoms. The van der Waals surface area contributed by atoms with E-state index >= 15 is 0 Å². The molecule has 4 rings (SSSR count). The summed E-state index contributed by atoms with van der Waals surface area (Å²) in [5.74, 6) is 0.999. The van der Waals surface area contributed by atoms with Crippen LogP contribution >= 0.6 is 11.8 Å². The van der Waals surface area contributed by atoms with Crippen molar-refractivity contribution < 1.29 is 18.9 Å². The molecule has 1 unspecified atom stereocenters. The molecule has 3 N–H and O–H groups in total. The van der Waals surface area contributed by atoms with E-state index in [9.17, 15) is 14.4 Å². The third-order valence-electron chi connectivity index (χ3n) is 4.64.